The van der Waals surface area contributed by atoms with Crippen LogP contribution in [0.25, 0.3) is 0 Å². The zero-order valence-corrected chi connectivity index (χ0v) is 19.9. The van der Waals surface area contributed by atoms with E-state index in [2.05, 4.69) is 5.32 Å². The molecule has 7 nitrogen and oxygen atoms in total. The van der Waals surface area contributed by atoms with E-state index in [1.54, 1.807) is 43.5 Å². The van der Waals surface area contributed by atoms with E-state index in [0.717, 1.165) is 36.9 Å². The minimum absolute atomic E-state index is 0.118. The molecule has 0 spiro atoms. The van der Waals surface area contributed by atoms with Crippen molar-refractivity contribution in [3.8, 4) is 5.75 Å². The first-order valence-electron chi connectivity index (χ1n) is 11.6. The maximum absolute atomic E-state index is 13.8. The summed E-state index contributed by atoms with van der Waals surface area (Å²) in [5.41, 5.74) is 2.30. The first kappa shape index (κ1) is 23.4. The van der Waals surface area contributed by atoms with Gasteiger partial charge in [-0.25, -0.2) is 0 Å². The Morgan fingerprint density at radius 2 is 1.62 bits per heavy atom. The highest BCUT2D eigenvalue weighted by atomic mass is 16.5. The van der Waals surface area contributed by atoms with Gasteiger partial charge in [0.05, 0.1) is 13.4 Å². The Labute approximate surface area is 200 Å². The molecular weight excluding hydrogens is 430 g/mol. The number of hydrogen-bond acceptors (Lipinski definition) is 5. The monoisotopic (exact) mass is 461 g/mol. The van der Waals surface area contributed by atoms with E-state index in [0.29, 0.717) is 11.4 Å². The highest BCUT2D eigenvalue weighted by Crippen LogP contribution is 2.32. The molecule has 7 heteroatoms. The molecule has 178 valence electrons. The lowest BCUT2D eigenvalue weighted by atomic mass is 10.0. The lowest BCUT2D eigenvalue weighted by Crippen LogP contribution is -2.46. The van der Waals surface area contributed by atoms with E-state index in [1.807, 2.05) is 43.3 Å². The first-order chi connectivity index (χ1) is 16.5. The number of benzene rings is 2. The van der Waals surface area contributed by atoms with E-state index in [1.165, 1.54) is 11.2 Å². The lowest BCUT2D eigenvalue weighted by Gasteiger charge is -2.32. The summed E-state index contributed by atoms with van der Waals surface area (Å²) in [6.07, 6.45) is 5.56. The van der Waals surface area contributed by atoms with Gasteiger partial charge in [0.25, 0.3) is 5.91 Å². The van der Waals surface area contributed by atoms with Crippen LogP contribution in [0.1, 0.15) is 47.8 Å². The molecule has 2 aromatic carbocycles. The lowest BCUT2D eigenvalue weighted by molar-refractivity contribution is -0.123. The number of carbonyl (C=O) groups excluding carboxylic acids is 2. The molecule has 0 radical (unpaired) electrons. The van der Waals surface area contributed by atoms with Gasteiger partial charge in [-0.3, -0.25) is 14.5 Å². The molecule has 3 aromatic rings. The molecule has 0 saturated heterocycles. The third-order valence-corrected chi connectivity index (χ3v) is 6.23. The fourth-order valence-corrected chi connectivity index (χ4v) is 4.37. The van der Waals surface area contributed by atoms with Crippen LogP contribution in [0, 0.1) is 0 Å². The first-order valence-corrected chi connectivity index (χ1v) is 11.6. The van der Waals surface area contributed by atoms with Gasteiger partial charge in [-0.05, 0) is 66.9 Å². The Balaban J connectivity index is 1.79. The molecule has 1 N–H and O–H groups in total. The average molecular weight is 462 g/mol. The molecule has 0 unspecified atom stereocenters. The molecule has 1 aromatic heterocycles. The number of methoxy groups -OCH3 is 1. The highest BCUT2D eigenvalue weighted by molar-refractivity contribution is 6.08. The smallest absolute Gasteiger partial charge is 0.294 e. The minimum atomic E-state index is -0.872. The van der Waals surface area contributed by atoms with Crippen LogP contribution in [-0.2, 0) is 4.79 Å². The predicted octanol–water partition coefficient (Wildman–Crippen LogP) is 4.80. The zero-order valence-electron chi connectivity index (χ0n) is 19.9. The normalized spacial score (nSPS) is 14.4. The van der Waals surface area contributed by atoms with E-state index in [-0.39, 0.29) is 17.7 Å². The summed E-state index contributed by atoms with van der Waals surface area (Å²) < 4.78 is 10.7. The largest absolute Gasteiger partial charge is 0.497 e. The van der Waals surface area contributed by atoms with Gasteiger partial charge in [-0.15, -0.1) is 0 Å². The number of ether oxygens (including phenoxy) is 1. The highest BCUT2D eigenvalue weighted by Gasteiger charge is 2.35. The van der Waals surface area contributed by atoms with E-state index >= 15 is 0 Å². The number of nitrogens with zero attached hydrogens (tertiary/aromatic N) is 2. The summed E-state index contributed by atoms with van der Waals surface area (Å²) in [7, 11) is 5.51. The van der Waals surface area contributed by atoms with Gasteiger partial charge in [-0.1, -0.05) is 25.0 Å². The van der Waals surface area contributed by atoms with Crippen molar-refractivity contribution in [2.45, 2.75) is 37.8 Å². The number of hydrogen-bond donors (Lipinski definition) is 1. The van der Waals surface area contributed by atoms with Crippen molar-refractivity contribution in [3.05, 3.63) is 78.3 Å². The van der Waals surface area contributed by atoms with Gasteiger partial charge >= 0.3 is 0 Å². The SMILES string of the molecule is COc1ccc(N(C(=O)c2ccco2)[C@H](C(=O)NC2CCCC2)c2ccc(N(C)C)cc2)cc1. The molecular formula is C27H31N3O4. The van der Waals surface area contributed by atoms with Crippen LogP contribution < -0.4 is 19.9 Å². The van der Waals surface area contributed by atoms with Gasteiger partial charge < -0.3 is 19.4 Å². The molecule has 1 atom stereocenters. The Kier molecular flexibility index (Phi) is 7.21. The second kappa shape index (κ2) is 10.5. The third kappa shape index (κ3) is 5.09. The Morgan fingerprint density at radius 3 is 2.18 bits per heavy atom. The van der Waals surface area contributed by atoms with Crippen molar-refractivity contribution in [1.29, 1.82) is 0 Å². The molecule has 1 aliphatic rings. The van der Waals surface area contributed by atoms with Crippen LogP contribution in [0.5, 0.6) is 5.75 Å². The quantitative estimate of drug-likeness (QED) is 0.522. The van der Waals surface area contributed by atoms with E-state index in [4.69, 9.17) is 9.15 Å². The molecule has 2 amide bonds. The number of carbonyl (C=O) groups is 2. The summed E-state index contributed by atoms with van der Waals surface area (Å²) in [5.74, 6) is 0.231. The summed E-state index contributed by atoms with van der Waals surface area (Å²) >= 11 is 0. The molecule has 1 heterocycles. The Bertz CT molecular complexity index is 1090. The Morgan fingerprint density at radius 1 is 0.971 bits per heavy atom. The topological polar surface area (TPSA) is 75.0 Å². The number of rotatable bonds is 8. The van der Waals surface area contributed by atoms with Crippen molar-refractivity contribution in [2.75, 3.05) is 31.0 Å². The molecule has 0 aliphatic heterocycles. The van der Waals surface area contributed by atoms with Crippen molar-refractivity contribution in [2.24, 2.45) is 0 Å². The molecule has 1 aliphatic carbocycles. The number of furan rings is 1. The molecule has 1 saturated carbocycles. The molecule has 1 fully saturated rings. The molecule has 0 bridgehead atoms. The van der Waals surface area contributed by atoms with Crippen molar-refractivity contribution in [1.82, 2.24) is 5.32 Å². The second-order valence-electron chi connectivity index (χ2n) is 8.73. The summed E-state index contributed by atoms with van der Waals surface area (Å²) in [6.45, 7) is 0. The van der Waals surface area contributed by atoms with Crippen LogP contribution in [0.2, 0.25) is 0 Å². The zero-order chi connectivity index (χ0) is 24.1. The number of nitrogens with one attached hydrogen (secondary N) is 1. The maximum atomic E-state index is 13.8. The van der Waals surface area contributed by atoms with Crippen LogP contribution in [0.3, 0.4) is 0 Å². The molecule has 4 rings (SSSR count). The van der Waals surface area contributed by atoms with Gasteiger partial charge in [0.15, 0.2) is 5.76 Å². The van der Waals surface area contributed by atoms with Crippen molar-refractivity contribution < 1.29 is 18.7 Å². The van der Waals surface area contributed by atoms with Crippen LogP contribution in [-0.4, -0.2) is 39.1 Å². The summed E-state index contributed by atoms with van der Waals surface area (Å²) in [6, 6.07) is 17.4. The standard InChI is InChI=1S/C27H31N3O4/c1-29(2)21-12-10-19(11-13-21)25(26(31)28-20-7-4-5-8-20)30(27(32)24-9-6-18-34-24)22-14-16-23(33-3)17-15-22/h6,9-18,20,25H,4-5,7-8H2,1-3H3,(H,28,31)/t25-/m0/s1. The van der Waals surface area contributed by atoms with E-state index in [9.17, 15) is 9.59 Å². The van der Waals surface area contributed by atoms with Crippen molar-refractivity contribution >= 4 is 23.2 Å². The van der Waals surface area contributed by atoms with Gasteiger partial charge in [-0.2, -0.15) is 0 Å². The maximum Gasteiger partial charge on any atom is 0.294 e. The fraction of sp³-hybridized carbons (Fsp3) is 0.333. The van der Waals surface area contributed by atoms with Crippen LogP contribution in [0.15, 0.2) is 71.3 Å². The van der Waals surface area contributed by atoms with E-state index < -0.39 is 11.9 Å². The van der Waals surface area contributed by atoms with Crippen LogP contribution in [0.4, 0.5) is 11.4 Å². The summed E-state index contributed by atoms with van der Waals surface area (Å²) in [5, 5.41) is 3.19. The van der Waals surface area contributed by atoms with Gasteiger partial charge in [0, 0.05) is 31.5 Å². The fourth-order valence-electron chi connectivity index (χ4n) is 4.37. The Hall–Kier alpha value is -3.74. The van der Waals surface area contributed by atoms with Gasteiger partial charge in [0.2, 0.25) is 5.91 Å². The predicted molar refractivity (Wildman–Crippen MR) is 132 cm³/mol. The second-order valence-corrected chi connectivity index (χ2v) is 8.73. The van der Waals surface area contributed by atoms with Gasteiger partial charge in [0.1, 0.15) is 11.8 Å². The van der Waals surface area contributed by atoms with Crippen LogP contribution >= 0.6 is 0 Å². The summed E-state index contributed by atoms with van der Waals surface area (Å²) in [4.78, 5) is 31.0. The number of anilines is 2. The third-order valence-electron chi connectivity index (χ3n) is 6.23. The number of amides is 2. The minimum Gasteiger partial charge on any atom is -0.497 e. The molecule has 34 heavy (non-hydrogen) atoms. The van der Waals surface area contributed by atoms with Crippen molar-refractivity contribution in [3.63, 3.8) is 0 Å². The average Bonchev–Trinajstić information content (AvgIpc) is 3.57.